The molecular weight excluding hydrogens is 448 g/mol. The van der Waals surface area contributed by atoms with Gasteiger partial charge in [-0.3, -0.25) is 14.0 Å². The Balaban J connectivity index is 1.44. The summed E-state index contributed by atoms with van der Waals surface area (Å²) in [5, 5.41) is 3.49. The van der Waals surface area contributed by atoms with Crippen LogP contribution >= 0.6 is 11.3 Å². The number of rotatable bonds is 6. The molecule has 1 saturated heterocycles. The van der Waals surface area contributed by atoms with Crippen LogP contribution in [0.4, 0.5) is 5.82 Å². The molecule has 176 valence electrons. The Labute approximate surface area is 201 Å². The number of thiazole rings is 1. The third kappa shape index (κ3) is 3.75. The zero-order chi connectivity index (χ0) is 23.1. The van der Waals surface area contributed by atoms with Gasteiger partial charge in [0.25, 0.3) is 5.91 Å². The van der Waals surface area contributed by atoms with Crippen molar-refractivity contribution < 1.29 is 9.53 Å². The highest BCUT2D eigenvalue weighted by Crippen LogP contribution is 2.32. The molecule has 6 rings (SSSR count). The van der Waals surface area contributed by atoms with Crippen LogP contribution in [0.25, 0.3) is 26.1 Å². The molecular formula is C26H28N4O3S. The van der Waals surface area contributed by atoms with Gasteiger partial charge < -0.3 is 15.0 Å². The van der Waals surface area contributed by atoms with Crippen LogP contribution in [0.5, 0.6) is 0 Å². The van der Waals surface area contributed by atoms with Gasteiger partial charge in [-0.2, -0.15) is 0 Å². The summed E-state index contributed by atoms with van der Waals surface area (Å²) in [4.78, 5) is 34.6. The molecule has 1 aliphatic heterocycles. The van der Waals surface area contributed by atoms with Crippen LogP contribution < -0.4 is 15.6 Å². The first kappa shape index (κ1) is 21.6. The average molecular weight is 477 g/mol. The Hall–Kier alpha value is -2.97. The second-order valence-electron chi connectivity index (χ2n) is 9.25. The predicted octanol–water partition coefficient (Wildman–Crippen LogP) is 4.21. The van der Waals surface area contributed by atoms with Gasteiger partial charge in [0.15, 0.2) is 5.65 Å². The van der Waals surface area contributed by atoms with Crippen molar-refractivity contribution >= 4 is 49.1 Å². The van der Waals surface area contributed by atoms with Crippen LogP contribution in [-0.4, -0.2) is 48.1 Å². The minimum atomic E-state index is -0.290. The molecule has 1 aliphatic carbocycles. The third-order valence-corrected chi connectivity index (χ3v) is 8.28. The van der Waals surface area contributed by atoms with Gasteiger partial charge in [-0.15, -0.1) is 11.3 Å². The van der Waals surface area contributed by atoms with Gasteiger partial charge in [-0.05, 0) is 43.0 Å². The molecule has 34 heavy (non-hydrogen) atoms. The highest BCUT2D eigenvalue weighted by molar-refractivity contribution is 7.24. The number of nitrogens with zero attached hydrogens (tertiary/aromatic N) is 3. The first-order valence-electron chi connectivity index (χ1n) is 12.2. The van der Waals surface area contributed by atoms with E-state index in [4.69, 9.17) is 9.72 Å². The number of para-hydroxylation sites is 1. The summed E-state index contributed by atoms with van der Waals surface area (Å²) < 4.78 is 8.49. The Morgan fingerprint density at radius 2 is 1.97 bits per heavy atom. The highest BCUT2D eigenvalue weighted by Gasteiger charge is 2.24. The van der Waals surface area contributed by atoms with Crippen LogP contribution in [0.3, 0.4) is 0 Å². The van der Waals surface area contributed by atoms with Crippen molar-refractivity contribution in [3.8, 4) is 0 Å². The van der Waals surface area contributed by atoms with Crippen LogP contribution in [0.1, 0.15) is 42.5 Å². The number of fused-ring (bicyclic) bond motifs is 5. The van der Waals surface area contributed by atoms with Gasteiger partial charge in [0, 0.05) is 19.6 Å². The highest BCUT2D eigenvalue weighted by atomic mass is 32.1. The van der Waals surface area contributed by atoms with Crippen molar-refractivity contribution in [3.63, 3.8) is 0 Å². The van der Waals surface area contributed by atoms with Crippen molar-refractivity contribution in [2.24, 2.45) is 5.92 Å². The van der Waals surface area contributed by atoms with E-state index >= 15 is 0 Å². The molecule has 1 saturated carbocycles. The van der Waals surface area contributed by atoms with Crippen molar-refractivity contribution in [1.29, 1.82) is 0 Å². The normalized spacial score (nSPS) is 16.9. The van der Waals surface area contributed by atoms with Crippen LogP contribution in [0.15, 0.2) is 41.2 Å². The Bertz CT molecular complexity index is 1430. The first-order chi connectivity index (χ1) is 16.7. The number of amides is 1. The largest absolute Gasteiger partial charge is 0.378 e. The number of carbonyl (C=O) groups is 1. The van der Waals surface area contributed by atoms with E-state index in [1.807, 2.05) is 40.8 Å². The van der Waals surface area contributed by atoms with Gasteiger partial charge in [0.05, 0.1) is 28.8 Å². The summed E-state index contributed by atoms with van der Waals surface area (Å²) in [5.41, 5.74) is 1.53. The van der Waals surface area contributed by atoms with Gasteiger partial charge >= 0.3 is 0 Å². The van der Waals surface area contributed by atoms with Crippen molar-refractivity contribution in [2.45, 2.75) is 32.1 Å². The molecule has 2 aliphatic rings. The summed E-state index contributed by atoms with van der Waals surface area (Å²) in [6, 6.07) is 11.7. The Morgan fingerprint density at radius 3 is 2.76 bits per heavy atom. The first-order valence-corrected chi connectivity index (χ1v) is 13.0. The topological polar surface area (TPSA) is 75.9 Å². The third-order valence-electron chi connectivity index (χ3n) is 7.14. The lowest BCUT2D eigenvalue weighted by molar-refractivity contribution is 0.0952. The van der Waals surface area contributed by atoms with Crippen molar-refractivity contribution in [1.82, 2.24) is 14.7 Å². The lowest BCUT2D eigenvalue weighted by Crippen LogP contribution is -2.37. The number of nitrogens with one attached hydrogen (secondary N) is 1. The maximum absolute atomic E-state index is 13.6. The van der Waals surface area contributed by atoms with Gasteiger partial charge in [0.1, 0.15) is 16.2 Å². The molecule has 2 fully saturated rings. The Kier molecular flexibility index (Phi) is 5.71. The number of hydrogen-bond acceptors (Lipinski definition) is 6. The molecule has 8 heteroatoms. The molecule has 0 unspecified atom stereocenters. The molecule has 0 atom stereocenters. The minimum Gasteiger partial charge on any atom is -0.378 e. The molecule has 1 aromatic carbocycles. The SMILES string of the molecule is O=C(NCCCC1CCC1)c1c(=O)c2ccc(N3CCOCC3)nc2n2c1sc1ccccc12. The quantitative estimate of drug-likeness (QED) is 0.422. The van der Waals surface area contributed by atoms with Gasteiger partial charge in [-0.1, -0.05) is 31.4 Å². The maximum atomic E-state index is 13.6. The number of anilines is 1. The van der Waals surface area contributed by atoms with Crippen molar-refractivity contribution in [3.05, 3.63) is 52.2 Å². The van der Waals surface area contributed by atoms with Crippen molar-refractivity contribution in [2.75, 3.05) is 37.7 Å². The lowest BCUT2D eigenvalue weighted by atomic mass is 9.82. The van der Waals surface area contributed by atoms with E-state index in [2.05, 4.69) is 10.2 Å². The number of aromatic nitrogens is 2. The predicted molar refractivity (Wildman–Crippen MR) is 136 cm³/mol. The van der Waals surface area contributed by atoms with Gasteiger partial charge in [0.2, 0.25) is 5.43 Å². The van der Waals surface area contributed by atoms with E-state index in [0.717, 1.165) is 47.9 Å². The molecule has 4 aromatic rings. The fourth-order valence-corrected chi connectivity index (χ4v) is 6.19. The molecule has 4 heterocycles. The maximum Gasteiger partial charge on any atom is 0.258 e. The summed E-state index contributed by atoms with van der Waals surface area (Å²) in [6.45, 7) is 3.45. The zero-order valence-electron chi connectivity index (χ0n) is 19.1. The molecule has 3 aromatic heterocycles. The average Bonchev–Trinajstić information content (AvgIpc) is 3.22. The van der Waals surface area contributed by atoms with E-state index in [1.165, 1.54) is 30.6 Å². The molecule has 7 nitrogen and oxygen atoms in total. The van der Waals surface area contributed by atoms with E-state index in [0.29, 0.717) is 35.6 Å². The van der Waals surface area contributed by atoms with E-state index in [1.54, 1.807) is 0 Å². The zero-order valence-corrected chi connectivity index (χ0v) is 19.9. The number of hydrogen-bond donors (Lipinski definition) is 1. The number of pyridine rings is 2. The second kappa shape index (κ2) is 9.00. The van der Waals surface area contributed by atoms with Crippen LogP contribution in [0.2, 0.25) is 0 Å². The lowest BCUT2D eigenvalue weighted by Gasteiger charge is -2.28. The summed E-state index contributed by atoms with van der Waals surface area (Å²) >= 11 is 1.47. The number of morpholine rings is 1. The summed E-state index contributed by atoms with van der Waals surface area (Å²) in [5.74, 6) is 1.35. The number of ether oxygens (including phenoxy) is 1. The van der Waals surface area contributed by atoms with E-state index in [9.17, 15) is 9.59 Å². The summed E-state index contributed by atoms with van der Waals surface area (Å²) in [7, 11) is 0. The smallest absolute Gasteiger partial charge is 0.258 e. The monoisotopic (exact) mass is 476 g/mol. The Morgan fingerprint density at radius 1 is 1.15 bits per heavy atom. The van der Waals surface area contributed by atoms with Crippen LogP contribution in [-0.2, 0) is 4.74 Å². The van der Waals surface area contributed by atoms with E-state index < -0.39 is 0 Å². The molecule has 0 bridgehead atoms. The number of carbonyl (C=O) groups excluding carboxylic acids is 1. The molecule has 0 radical (unpaired) electrons. The molecule has 1 amide bonds. The standard InChI is InChI=1S/C26H28N4O3S/c31-23-18-10-11-21(29-13-15-33-16-14-29)28-24(18)30-19-8-1-2-9-20(19)34-26(30)22(23)25(32)27-12-4-7-17-5-3-6-17/h1-2,8-11,17H,3-7,12-16H2,(H,27,32). The van der Waals surface area contributed by atoms with Crippen LogP contribution in [0, 0.1) is 5.92 Å². The second-order valence-corrected chi connectivity index (χ2v) is 10.3. The van der Waals surface area contributed by atoms with Gasteiger partial charge in [-0.25, -0.2) is 4.98 Å². The summed E-state index contributed by atoms with van der Waals surface area (Å²) in [6.07, 6.45) is 6.04. The molecule has 1 N–H and O–H groups in total. The fourth-order valence-electron chi connectivity index (χ4n) is 5.01. The number of benzene rings is 1. The molecule has 0 spiro atoms. The van der Waals surface area contributed by atoms with E-state index in [-0.39, 0.29) is 16.9 Å². The minimum absolute atomic E-state index is 0.221. The fraction of sp³-hybridized carbons (Fsp3) is 0.423.